The van der Waals surface area contributed by atoms with Crippen molar-refractivity contribution in [2.45, 2.75) is 31.6 Å². The minimum Gasteiger partial charge on any atom is -0.379 e. The molecule has 1 amide bonds. The lowest BCUT2D eigenvalue weighted by Crippen LogP contribution is -2.39. The Bertz CT molecular complexity index is 1200. The summed E-state index contributed by atoms with van der Waals surface area (Å²) in [6.07, 6.45) is 0.702. The van der Waals surface area contributed by atoms with Crippen molar-refractivity contribution in [1.82, 2.24) is 9.88 Å². The zero-order chi connectivity index (χ0) is 24.1. The molecule has 0 bridgehead atoms. The molecule has 2 heterocycles. The van der Waals surface area contributed by atoms with Crippen molar-refractivity contribution in [3.63, 3.8) is 0 Å². The van der Waals surface area contributed by atoms with E-state index < -0.39 is 9.84 Å². The standard InChI is InChI=1S/C25H31N3O4S2/c1-19-17-22-23(18-20(19)2)33-25(26-22)28(11-6-10-27-12-14-32-15-13-27)24(29)9-16-34(30,31)21-7-4-3-5-8-21/h3-5,7-8,17-18H,6,9-16H2,1-2H3. The van der Waals surface area contributed by atoms with Gasteiger partial charge in [0, 0.05) is 32.6 Å². The van der Waals surface area contributed by atoms with E-state index in [0.717, 1.165) is 55.0 Å². The summed E-state index contributed by atoms with van der Waals surface area (Å²) in [5.41, 5.74) is 3.20. The molecule has 0 aliphatic carbocycles. The number of hydrogen-bond acceptors (Lipinski definition) is 7. The van der Waals surface area contributed by atoms with Crippen molar-refractivity contribution in [3.8, 4) is 0 Å². The minimum atomic E-state index is -3.53. The van der Waals surface area contributed by atoms with E-state index in [-0.39, 0.29) is 23.0 Å². The molecule has 0 atom stereocenters. The molecule has 182 valence electrons. The highest BCUT2D eigenvalue weighted by Gasteiger charge is 2.23. The third-order valence-electron chi connectivity index (χ3n) is 6.17. The smallest absolute Gasteiger partial charge is 0.229 e. The third kappa shape index (κ3) is 6.02. The van der Waals surface area contributed by atoms with E-state index in [9.17, 15) is 13.2 Å². The van der Waals surface area contributed by atoms with Gasteiger partial charge in [-0.1, -0.05) is 29.5 Å². The van der Waals surface area contributed by atoms with Crippen LogP contribution in [0.3, 0.4) is 0 Å². The maximum Gasteiger partial charge on any atom is 0.229 e. The fourth-order valence-corrected chi connectivity index (χ4v) is 6.33. The van der Waals surface area contributed by atoms with Crippen molar-refractivity contribution in [2.24, 2.45) is 0 Å². The average Bonchev–Trinajstić information content (AvgIpc) is 3.24. The predicted octanol–water partition coefficient (Wildman–Crippen LogP) is 3.83. The van der Waals surface area contributed by atoms with Crippen LogP contribution < -0.4 is 4.90 Å². The molecule has 0 unspecified atom stereocenters. The number of rotatable bonds is 9. The number of morpholine rings is 1. The fourth-order valence-electron chi connectivity index (χ4n) is 3.99. The van der Waals surface area contributed by atoms with Gasteiger partial charge in [-0.2, -0.15) is 0 Å². The lowest BCUT2D eigenvalue weighted by atomic mass is 10.1. The third-order valence-corrected chi connectivity index (χ3v) is 8.94. The van der Waals surface area contributed by atoms with Crippen molar-refractivity contribution in [1.29, 1.82) is 0 Å². The molecular weight excluding hydrogens is 470 g/mol. The summed E-state index contributed by atoms with van der Waals surface area (Å²) in [5.74, 6) is -0.437. The topological polar surface area (TPSA) is 79.8 Å². The molecule has 0 saturated carbocycles. The number of thiazole rings is 1. The first-order valence-electron chi connectivity index (χ1n) is 11.6. The Kier molecular flexibility index (Phi) is 7.98. The average molecular weight is 502 g/mol. The number of carbonyl (C=O) groups excluding carboxylic acids is 1. The largest absolute Gasteiger partial charge is 0.379 e. The highest BCUT2D eigenvalue weighted by Crippen LogP contribution is 2.31. The number of aryl methyl sites for hydroxylation is 2. The van der Waals surface area contributed by atoms with Crippen LogP contribution in [0.15, 0.2) is 47.4 Å². The van der Waals surface area contributed by atoms with Gasteiger partial charge < -0.3 is 4.74 Å². The molecule has 0 spiro atoms. The summed E-state index contributed by atoms with van der Waals surface area (Å²) in [7, 11) is -3.53. The molecule has 1 aromatic heterocycles. The van der Waals surface area contributed by atoms with Gasteiger partial charge in [-0.05, 0) is 55.7 Å². The van der Waals surface area contributed by atoms with E-state index >= 15 is 0 Å². The van der Waals surface area contributed by atoms with Gasteiger partial charge in [-0.3, -0.25) is 14.6 Å². The van der Waals surface area contributed by atoms with Crippen molar-refractivity contribution in [2.75, 3.05) is 50.0 Å². The van der Waals surface area contributed by atoms with E-state index in [1.165, 1.54) is 16.9 Å². The number of nitrogens with zero attached hydrogens (tertiary/aromatic N) is 3. The van der Waals surface area contributed by atoms with Gasteiger partial charge in [0.1, 0.15) is 0 Å². The highest BCUT2D eigenvalue weighted by atomic mass is 32.2. The van der Waals surface area contributed by atoms with Crippen LogP contribution in [-0.4, -0.2) is 69.4 Å². The molecule has 2 aromatic carbocycles. The zero-order valence-corrected chi connectivity index (χ0v) is 21.3. The maximum atomic E-state index is 13.3. The summed E-state index contributed by atoms with van der Waals surface area (Å²) >= 11 is 1.48. The molecule has 9 heteroatoms. The monoisotopic (exact) mass is 501 g/mol. The first kappa shape index (κ1) is 24.8. The SMILES string of the molecule is Cc1cc2nc(N(CCCN3CCOCC3)C(=O)CCS(=O)(=O)c3ccccc3)sc2cc1C. The van der Waals surface area contributed by atoms with Gasteiger partial charge in [0.15, 0.2) is 15.0 Å². The summed E-state index contributed by atoms with van der Waals surface area (Å²) in [6, 6.07) is 12.4. The first-order chi connectivity index (χ1) is 16.3. The molecule has 4 rings (SSSR count). The van der Waals surface area contributed by atoms with Crippen LogP contribution in [0, 0.1) is 13.8 Å². The van der Waals surface area contributed by atoms with Gasteiger partial charge in [0.2, 0.25) is 5.91 Å². The number of aromatic nitrogens is 1. The number of hydrogen-bond donors (Lipinski definition) is 0. The van der Waals surface area contributed by atoms with E-state index in [1.807, 2.05) is 13.0 Å². The summed E-state index contributed by atoms with van der Waals surface area (Å²) in [5, 5.41) is 0.629. The molecule has 1 saturated heterocycles. The van der Waals surface area contributed by atoms with Crippen LogP contribution in [-0.2, 0) is 19.4 Å². The minimum absolute atomic E-state index is 0.0806. The van der Waals surface area contributed by atoms with E-state index in [1.54, 1.807) is 35.2 Å². The lowest BCUT2D eigenvalue weighted by Gasteiger charge is -2.27. The summed E-state index contributed by atoms with van der Waals surface area (Å²) in [4.78, 5) is 22.3. The fraction of sp³-hybridized carbons (Fsp3) is 0.440. The number of ether oxygens (including phenoxy) is 1. The second-order valence-electron chi connectivity index (χ2n) is 8.64. The number of fused-ring (bicyclic) bond motifs is 1. The Morgan fingerprint density at radius 3 is 2.56 bits per heavy atom. The lowest BCUT2D eigenvalue weighted by molar-refractivity contribution is -0.118. The number of benzene rings is 2. The molecule has 1 aliphatic rings. The van der Waals surface area contributed by atoms with Crippen LogP contribution in [0.4, 0.5) is 5.13 Å². The van der Waals surface area contributed by atoms with E-state index in [4.69, 9.17) is 9.72 Å². The van der Waals surface area contributed by atoms with E-state index in [0.29, 0.717) is 11.7 Å². The molecule has 3 aromatic rings. The number of anilines is 1. The Morgan fingerprint density at radius 2 is 1.82 bits per heavy atom. The highest BCUT2D eigenvalue weighted by molar-refractivity contribution is 7.91. The van der Waals surface area contributed by atoms with Gasteiger partial charge in [0.25, 0.3) is 0 Å². The molecule has 34 heavy (non-hydrogen) atoms. The quantitative estimate of drug-likeness (QED) is 0.443. The predicted molar refractivity (Wildman–Crippen MR) is 136 cm³/mol. The molecule has 1 fully saturated rings. The van der Waals surface area contributed by atoms with Crippen LogP contribution in [0.25, 0.3) is 10.2 Å². The Labute approximate surface area is 205 Å². The molecule has 0 N–H and O–H groups in total. The van der Waals surface area contributed by atoms with Crippen molar-refractivity contribution in [3.05, 3.63) is 53.6 Å². The molecule has 7 nitrogen and oxygen atoms in total. The normalized spacial score (nSPS) is 15.0. The molecular formula is C25H31N3O4S2. The molecule has 0 radical (unpaired) electrons. The van der Waals surface area contributed by atoms with Gasteiger partial charge >= 0.3 is 0 Å². The van der Waals surface area contributed by atoms with Gasteiger partial charge in [-0.15, -0.1) is 0 Å². The first-order valence-corrected chi connectivity index (χ1v) is 14.1. The molecule has 1 aliphatic heterocycles. The van der Waals surface area contributed by atoms with Gasteiger partial charge in [-0.25, -0.2) is 13.4 Å². The van der Waals surface area contributed by atoms with Crippen LogP contribution in [0.2, 0.25) is 0 Å². The summed E-state index contributed by atoms with van der Waals surface area (Å²) < 4.78 is 31.9. The van der Waals surface area contributed by atoms with Gasteiger partial charge in [0.05, 0.1) is 34.1 Å². The van der Waals surface area contributed by atoms with Crippen LogP contribution in [0.5, 0.6) is 0 Å². The second kappa shape index (κ2) is 10.9. The number of amides is 1. The van der Waals surface area contributed by atoms with Crippen molar-refractivity contribution < 1.29 is 17.9 Å². The van der Waals surface area contributed by atoms with Crippen LogP contribution >= 0.6 is 11.3 Å². The van der Waals surface area contributed by atoms with E-state index in [2.05, 4.69) is 17.9 Å². The summed E-state index contributed by atoms with van der Waals surface area (Å²) in [6.45, 7) is 8.72. The van der Waals surface area contributed by atoms with Crippen molar-refractivity contribution >= 4 is 42.4 Å². The van der Waals surface area contributed by atoms with Crippen LogP contribution in [0.1, 0.15) is 24.0 Å². The second-order valence-corrected chi connectivity index (χ2v) is 11.8. The number of carbonyl (C=O) groups is 1. The maximum absolute atomic E-state index is 13.3. The Morgan fingerprint density at radius 1 is 1.12 bits per heavy atom. The zero-order valence-electron chi connectivity index (χ0n) is 19.7. The Balaban J connectivity index is 1.51. The number of sulfone groups is 1. The Hall–Kier alpha value is -2.33.